The number of amides is 1. The standard InChI is InChI=1S/C17H22N4O2/c1-3-9-19-17-20-11-14(12-21-17)16(22)18-10-8-13-4-6-15(23-2)7-5-13/h4-7,11-12H,3,8-10H2,1-2H3,(H,18,22)(H,19,20,21). The second-order valence-corrected chi connectivity index (χ2v) is 5.08. The number of carbonyl (C=O) groups is 1. The lowest BCUT2D eigenvalue weighted by Crippen LogP contribution is -2.26. The summed E-state index contributed by atoms with van der Waals surface area (Å²) in [4.78, 5) is 20.3. The molecule has 1 aromatic heterocycles. The van der Waals surface area contributed by atoms with Gasteiger partial charge in [-0.15, -0.1) is 0 Å². The van der Waals surface area contributed by atoms with Gasteiger partial charge in [-0.1, -0.05) is 19.1 Å². The topological polar surface area (TPSA) is 76.1 Å². The molecule has 6 heteroatoms. The van der Waals surface area contributed by atoms with Crippen molar-refractivity contribution in [2.45, 2.75) is 19.8 Å². The van der Waals surface area contributed by atoms with Gasteiger partial charge < -0.3 is 15.4 Å². The molecule has 0 radical (unpaired) electrons. The molecule has 0 saturated carbocycles. The monoisotopic (exact) mass is 314 g/mol. The van der Waals surface area contributed by atoms with Crippen LogP contribution in [-0.2, 0) is 6.42 Å². The number of hydrogen-bond donors (Lipinski definition) is 2. The largest absolute Gasteiger partial charge is 0.497 e. The summed E-state index contributed by atoms with van der Waals surface area (Å²) in [6, 6.07) is 7.80. The summed E-state index contributed by atoms with van der Waals surface area (Å²) in [5.41, 5.74) is 1.60. The molecule has 0 unspecified atom stereocenters. The van der Waals surface area contributed by atoms with E-state index in [1.54, 1.807) is 7.11 Å². The van der Waals surface area contributed by atoms with Crippen molar-refractivity contribution in [1.82, 2.24) is 15.3 Å². The Morgan fingerprint density at radius 2 is 1.83 bits per heavy atom. The van der Waals surface area contributed by atoms with Gasteiger partial charge in [-0.25, -0.2) is 9.97 Å². The summed E-state index contributed by atoms with van der Waals surface area (Å²) in [5.74, 6) is 1.20. The zero-order chi connectivity index (χ0) is 16.5. The summed E-state index contributed by atoms with van der Waals surface area (Å²) in [6.45, 7) is 3.44. The second kappa shape index (κ2) is 8.73. The van der Waals surface area contributed by atoms with Gasteiger partial charge in [0.15, 0.2) is 0 Å². The predicted molar refractivity (Wildman–Crippen MR) is 89.8 cm³/mol. The van der Waals surface area contributed by atoms with Gasteiger partial charge in [0.05, 0.1) is 12.7 Å². The highest BCUT2D eigenvalue weighted by atomic mass is 16.5. The van der Waals surface area contributed by atoms with Crippen molar-refractivity contribution < 1.29 is 9.53 Å². The van der Waals surface area contributed by atoms with Crippen LogP contribution < -0.4 is 15.4 Å². The summed E-state index contributed by atoms with van der Waals surface area (Å²) in [7, 11) is 1.64. The molecule has 0 bridgehead atoms. The Kier molecular flexibility index (Phi) is 6.35. The molecule has 0 fully saturated rings. The quantitative estimate of drug-likeness (QED) is 0.782. The number of hydrogen-bond acceptors (Lipinski definition) is 5. The first-order chi connectivity index (χ1) is 11.2. The molecule has 1 heterocycles. The van der Waals surface area contributed by atoms with E-state index in [2.05, 4.69) is 27.5 Å². The predicted octanol–water partition coefficient (Wildman–Crippen LogP) is 2.28. The molecule has 0 aliphatic heterocycles. The SMILES string of the molecule is CCCNc1ncc(C(=O)NCCc2ccc(OC)cc2)cn1. The van der Waals surface area contributed by atoms with E-state index in [1.807, 2.05) is 24.3 Å². The third kappa shape index (κ3) is 5.25. The van der Waals surface area contributed by atoms with Crippen LogP contribution >= 0.6 is 0 Å². The molecule has 0 atom stereocenters. The van der Waals surface area contributed by atoms with Crippen LogP contribution in [0.1, 0.15) is 29.3 Å². The number of methoxy groups -OCH3 is 1. The minimum atomic E-state index is -0.166. The zero-order valence-electron chi connectivity index (χ0n) is 13.5. The van der Waals surface area contributed by atoms with E-state index >= 15 is 0 Å². The number of nitrogens with one attached hydrogen (secondary N) is 2. The maximum atomic E-state index is 12.0. The van der Waals surface area contributed by atoms with Crippen molar-refractivity contribution in [2.24, 2.45) is 0 Å². The van der Waals surface area contributed by atoms with Crippen molar-refractivity contribution in [1.29, 1.82) is 0 Å². The Hall–Kier alpha value is -2.63. The molecule has 1 aromatic carbocycles. The number of ether oxygens (including phenoxy) is 1. The number of anilines is 1. The fourth-order valence-electron chi connectivity index (χ4n) is 1.99. The van der Waals surface area contributed by atoms with E-state index < -0.39 is 0 Å². The van der Waals surface area contributed by atoms with E-state index in [1.165, 1.54) is 12.4 Å². The molecule has 23 heavy (non-hydrogen) atoms. The lowest BCUT2D eigenvalue weighted by atomic mass is 10.1. The molecular formula is C17H22N4O2. The second-order valence-electron chi connectivity index (χ2n) is 5.08. The third-order valence-corrected chi connectivity index (χ3v) is 3.31. The Morgan fingerprint density at radius 1 is 1.13 bits per heavy atom. The van der Waals surface area contributed by atoms with Gasteiger partial charge in [-0.3, -0.25) is 4.79 Å². The highest BCUT2D eigenvalue weighted by Crippen LogP contribution is 2.11. The Bertz CT molecular complexity index is 611. The van der Waals surface area contributed by atoms with Crippen molar-refractivity contribution in [2.75, 3.05) is 25.5 Å². The summed E-state index contributed by atoms with van der Waals surface area (Å²) < 4.78 is 5.12. The summed E-state index contributed by atoms with van der Waals surface area (Å²) in [5, 5.41) is 5.94. The molecule has 2 aromatic rings. The Balaban J connectivity index is 1.79. The van der Waals surface area contributed by atoms with Crippen LogP contribution in [0.3, 0.4) is 0 Å². The molecule has 6 nitrogen and oxygen atoms in total. The van der Waals surface area contributed by atoms with Crippen LogP contribution in [0.15, 0.2) is 36.7 Å². The van der Waals surface area contributed by atoms with Crippen molar-refractivity contribution in [3.63, 3.8) is 0 Å². The molecule has 2 rings (SSSR count). The van der Waals surface area contributed by atoms with Crippen LogP contribution in [0.25, 0.3) is 0 Å². The average Bonchev–Trinajstić information content (AvgIpc) is 2.61. The van der Waals surface area contributed by atoms with Crippen molar-refractivity contribution >= 4 is 11.9 Å². The molecule has 0 aliphatic carbocycles. The van der Waals surface area contributed by atoms with Crippen LogP contribution in [0.4, 0.5) is 5.95 Å². The fraction of sp³-hybridized carbons (Fsp3) is 0.353. The molecule has 2 N–H and O–H groups in total. The van der Waals surface area contributed by atoms with E-state index in [-0.39, 0.29) is 5.91 Å². The van der Waals surface area contributed by atoms with Crippen LogP contribution in [0.2, 0.25) is 0 Å². The maximum Gasteiger partial charge on any atom is 0.254 e. The van der Waals surface area contributed by atoms with Gasteiger partial charge >= 0.3 is 0 Å². The van der Waals surface area contributed by atoms with E-state index in [9.17, 15) is 4.79 Å². The van der Waals surface area contributed by atoms with Gasteiger partial charge in [0.25, 0.3) is 5.91 Å². The first-order valence-corrected chi connectivity index (χ1v) is 7.70. The zero-order valence-corrected chi connectivity index (χ0v) is 13.5. The molecular weight excluding hydrogens is 292 g/mol. The van der Waals surface area contributed by atoms with E-state index in [0.29, 0.717) is 18.1 Å². The van der Waals surface area contributed by atoms with Gasteiger partial charge in [0.1, 0.15) is 5.75 Å². The fourth-order valence-corrected chi connectivity index (χ4v) is 1.99. The first kappa shape index (κ1) is 16.7. The molecule has 0 aliphatic rings. The van der Waals surface area contributed by atoms with Crippen molar-refractivity contribution in [3.8, 4) is 5.75 Å². The van der Waals surface area contributed by atoms with Gasteiger partial charge in [0, 0.05) is 25.5 Å². The maximum absolute atomic E-state index is 12.0. The molecule has 122 valence electrons. The van der Waals surface area contributed by atoms with E-state index in [4.69, 9.17) is 4.74 Å². The van der Waals surface area contributed by atoms with Crippen LogP contribution in [-0.4, -0.2) is 36.1 Å². The molecule has 0 saturated heterocycles. The van der Waals surface area contributed by atoms with Gasteiger partial charge in [-0.05, 0) is 30.5 Å². The smallest absolute Gasteiger partial charge is 0.254 e. The number of rotatable bonds is 8. The number of aromatic nitrogens is 2. The molecule has 0 spiro atoms. The lowest BCUT2D eigenvalue weighted by Gasteiger charge is -2.07. The highest BCUT2D eigenvalue weighted by Gasteiger charge is 2.06. The first-order valence-electron chi connectivity index (χ1n) is 7.70. The summed E-state index contributed by atoms with van der Waals surface area (Å²) in [6.07, 6.45) is 4.82. The van der Waals surface area contributed by atoms with Crippen molar-refractivity contribution in [3.05, 3.63) is 47.8 Å². The van der Waals surface area contributed by atoms with Gasteiger partial charge in [-0.2, -0.15) is 0 Å². The van der Waals surface area contributed by atoms with Crippen LogP contribution in [0, 0.1) is 0 Å². The van der Waals surface area contributed by atoms with E-state index in [0.717, 1.165) is 30.7 Å². The molecule has 1 amide bonds. The Morgan fingerprint density at radius 3 is 2.43 bits per heavy atom. The number of carbonyl (C=O) groups excluding carboxylic acids is 1. The third-order valence-electron chi connectivity index (χ3n) is 3.31. The minimum absolute atomic E-state index is 0.166. The Labute approximate surface area is 136 Å². The normalized spacial score (nSPS) is 10.2. The average molecular weight is 314 g/mol. The van der Waals surface area contributed by atoms with Crippen LogP contribution in [0.5, 0.6) is 5.75 Å². The minimum Gasteiger partial charge on any atom is -0.497 e. The lowest BCUT2D eigenvalue weighted by molar-refractivity contribution is 0.0953. The highest BCUT2D eigenvalue weighted by molar-refractivity contribution is 5.93. The number of benzene rings is 1. The van der Waals surface area contributed by atoms with Gasteiger partial charge in [0.2, 0.25) is 5.95 Å². The number of nitrogens with zero attached hydrogens (tertiary/aromatic N) is 2. The summed E-state index contributed by atoms with van der Waals surface area (Å²) >= 11 is 0.